The van der Waals surface area contributed by atoms with E-state index < -0.39 is 11.2 Å². The number of carbonyl (C=O) groups is 1. The molecule has 4 aromatic rings. The smallest absolute Gasteiger partial charge is 0.267 e. The van der Waals surface area contributed by atoms with Crippen LogP contribution >= 0.6 is 11.8 Å². The van der Waals surface area contributed by atoms with Crippen molar-refractivity contribution in [1.29, 1.82) is 0 Å². The zero-order valence-corrected chi connectivity index (χ0v) is 16.5. The van der Waals surface area contributed by atoms with Gasteiger partial charge in [-0.05, 0) is 50.1 Å². The summed E-state index contributed by atoms with van der Waals surface area (Å²) < 4.78 is 3.39. The molecular formula is C20H19N5O2S. The number of hydrogen-bond donors (Lipinski definition) is 1. The summed E-state index contributed by atoms with van der Waals surface area (Å²) in [5.41, 5.74) is 8.69. The molecule has 0 aliphatic carbocycles. The summed E-state index contributed by atoms with van der Waals surface area (Å²) in [6.45, 7) is 5.65. The molecule has 2 heterocycles. The van der Waals surface area contributed by atoms with Crippen LogP contribution in [0.2, 0.25) is 0 Å². The molecule has 1 amide bonds. The molecule has 0 unspecified atom stereocenters. The highest BCUT2D eigenvalue weighted by molar-refractivity contribution is 8.00. The van der Waals surface area contributed by atoms with Crippen LogP contribution in [-0.2, 0) is 4.79 Å². The van der Waals surface area contributed by atoms with Crippen LogP contribution in [-0.4, -0.2) is 30.3 Å². The van der Waals surface area contributed by atoms with Crippen molar-refractivity contribution in [3.05, 3.63) is 63.9 Å². The number of aromatic nitrogens is 4. The number of fused-ring (bicyclic) bond motifs is 3. The van der Waals surface area contributed by atoms with Crippen LogP contribution in [0.15, 0.2) is 52.4 Å². The minimum absolute atomic E-state index is 0.163. The number of thioether (sulfide) groups is 1. The summed E-state index contributed by atoms with van der Waals surface area (Å²) >= 11 is 1.22. The number of aryl methyl sites for hydroxylation is 2. The molecule has 28 heavy (non-hydrogen) atoms. The molecular weight excluding hydrogens is 374 g/mol. The second kappa shape index (κ2) is 6.79. The second-order valence-electron chi connectivity index (χ2n) is 6.73. The monoisotopic (exact) mass is 393 g/mol. The van der Waals surface area contributed by atoms with E-state index in [2.05, 4.69) is 10.2 Å². The molecule has 0 aliphatic rings. The first-order chi connectivity index (χ1) is 13.4. The van der Waals surface area contributed by atoms with Crippen LogP contribution in [0.25, 0.3) is 22.4 Å². The average molecular weight is 393 g/mol. The van der Waals surface area contributed by atoms with Crippen LogP contribution in [0.3, 0.4) is 0 Å². The third-order valence-corrected chi connectivity index (χ3v) is 5.74. The quantitative estimate of drug-likeness (QED) is 0.538. The third-order valence-electron chi connectivity index (χ3n) is 4.68. The molecule has 0 aliphatic heterocycles. The minimum atomic E-state index is -0.479. The predicted octanol–water partition coefficient (Wildman–Crippen LogP) is 2.62. The van der Waals surface area contributed by atoms with Crippen LogP contribution in [0.1, 0.15) is 18.1 Å². The van der Waals surface area contributed by atoms with Crippen molar-refractivity contribution in [2.24, 2.45) is 5.73 Å². The molecule has 1 atom stereocenters. The van der Waals surface area contributed by atoms with E-state index in [0.717, 1.165) is 16.8 Å². The van der Waals surface area contributed by atoms with E-state index in [1.54, 1.807) is 17.6 Å². The molecule has 2 aromatic heterocycles. The summed E-state index contributed by atoms with van der Waals surface area (Å²) in [6, 6.07) is 13.2. The van der Waals surface area contributed by atoms with Crippen molar-refractivity contribution in [2.75, 3.05) is 0 Å². The van der Waals surface area contributed by atoms with Gasteiger partial charge in [-0.2, -0.15) is 0 Å². The normalized spacial score (nSPS) is 12.5. The number of nitrogens with zero attached hydrogens (tertiary/aromatic N) is 4. The van der Waals surface area contributed by atoms with Gasteiger partial charge in [0.15, 0.2) is 5.16 Å². The van der Waals surface area contributed by atoms with E-state index >= 15 is 0 Å². The van der Waals surface area contributed by atoms with E-state index in [1.165, 1.54) is 11.8 Å². The molecule has 0 bridgehead atoms. The Labute approximate surface area is 165 Å². The number of rotatable bonds is 4. The SMILES string of the molecule is Cc1ccc(C)c(-n2c(=O)c3ccccc3n3c(S[C@@H](C)C(N)=O)nnc23)c1. The van der Waals surface area contributed by atoms with Gasteiger partial charge in [-0.15, -0.1) is 10.2 Å². The Morgan fingerprint density at radius 1 is 1.14 bits per heavy atom. The molecule has 0 spiro atoms. The Morgan fingerprint density at radius 3 is 2.64 bits per heavy atom. The molecule has 0 radical (unpaired) electrons. The van der Waals surface area contributed by atoms with Gasteiger partial charge in [0.1, 0.15) is 0 Å². The lowest BCUT2D eigenvalue weighted by atomic mass is 10.1. The first-order valence-corrected chi connectivity index (χ1v) is 9.69. The molecule has 0 fully saturated rings. The number of carbonyl (C=O) groups excluding carboxylic acids is 1. The number of para-hydroxylation sites is 1. The fraction of sp³-hybridized carbons (Fsp3) is 0.200. The Kier molecular flexibility index (Phi) is 4.43. The lowest BCUT2D eigenvalue weighted by molar-refractivity contribution is -0.117. The van der Waals surface area contributed by atoms with Crippen molar-refractivity contribution < 1.29 is 4.79 Å². The van der Waals surface area contributed by atoms with Gasteiger partial charge in [0.05, 0.1) is 21.8 Å². The van der Waals surface area contributed by atoms with Crippen LogP contribution < -0.4 is 11.3 Å². The Morgan fingerprint density at radius 2 is 1.89 bits per heavy atom. The van der Waals surface area contributed by atoms with Gasteiger partial charge in [0.2, 0.25) is 11.7 Å². The van der Waals surface area contributed by atoms with Gasteiger partial charge in [-0.3, -0.25) is 14.0 Å². The number of benzene rings is 2. The van der Waals surface area contributed by atoms with E-state index in [0.29, 0.717) is 21.8 Å². The maximum Gasteiger partial charge on any atom is 0.267 e. The fourth-order valence-corrected chi connectivity index (χ4v) is 3.95. The zero-order valence-electron chi connectivity index (χ0n) is 15.7. The number of primary amides is 1. The van der Waals surface area contributed by atoms with Gasteiger partial charge >= 0.3 is 0 Å². The highest BCUT2D eigenvalue weighted by Crippen LogP contribution is 2.26. The van der Waals surface area contributed by atoms with Crippen molar-refractivity contribution in [3.63, 3.8) is 0 Å². The summed E-state index contributed by atoms with van der Waals surface area (Å²) in [7, 11) is 0. The molecule has 4 rings (SSSR count). The minimum Gasteiger partial charge on any atom is -0.369 e. The van der Waals surface area contributed by atoms with Crippen LogP contribution in [0.5, 0.6) is 0 Å². The average Bonchev–Trinajstić information content (AvgIpc) is 3.08. The molecule has 7 nitrogen and oxygen atoms in total. The zero-order chi connectivity index (χ0) is 20.0. The molecule has 0 saturated heterocycles. The summed E-state index contributed by atoms with van der Waals surface area (Å²) in [4.78, 5) is 24.9. The maximum atomic E-state index is 13.3. The van der Waals surface area contributed by atoms with Gasteiger partial charge in [-0.25, -0.2) is 4.57 Å². The summed E-state index contributed by atoms with van der Waals surface area (Å²) in [5.74, 6) is -0.0366. The third kappa shape index (κ3) is 2.86. The number of hydrogen-bond acceptors (Lipinski definition) is 5. The first-order valence-electron chi connectivity index (χ1n) is 8.81. The number of nitrogens with two attached hydrogens (primary N) is 1. The van der Waals surface area contributed by atoms with E-state index in [4.69, 9.17) is 5.73 Å². The van der Waals surface area contributed by atoms with Crippen LogP contribution in [0.4, 0.5) is 0 Å². The summed E-state index contributed by atoms with van der Waals surface area (Å²) in [6.07, 6.45) is 0. The first kappa shape index (κ1) is 18.2. The van der Waals surface area contributed by atoms with Crippen molar-refractivity contribution in [1.82, 2.24) is 19.2 Å². The molecule has 8 heteroatoms. The standard InChI is InChI=1S/C20H19N5O2S/c1-11-8-9-12(2)16(10-11)24-18(27)14-6-4-5-7-15(14)25-19(24)22-23-20(25)28-13(3)17(21)26/h4-10,13H,1-3H3,(H2,21,26)/t13-/m0/s1. The highest BCUT2D eigenvalue weighted by Gasteiger charge is 2.21. The van der Waals surface area contributed by atoms with E-state index in [1.807, 2.05) is 54.6 Å². The Balaban J connectivity index is 2.12. The highest BCUT2D eigenvalue weighted by atomic mass is 32.2. The van der Waals surface area contributed by atoms with Gasteiger partial charge < -0.3 is 5.73 Å². The maximum absolute atomic E-state index is 13.3. The Bertz CT molecular complexity index is 1290. The molecule has 2 aromatic carbocycles. The summed E-state index contributed by atoms with van der Waals surface area (Å²) in [5, 5.41) is 9.12. The largest absolute Gasteiger partial charge is 0.369 e. The van der Waals surface area contributed by atoms with Crippen molar-refractivity contribution in [3.8, 4) is 5.69 Å². The predicted molar refractivity (Wildman–Crippen MR) is 110 cm³/mol. The van der Waals surface area contributed by atoms with Crippen molar-refractivity contribution >= 4 is 34.3 Å². The van der Waals surface area contributed by atoms with E-state index in [9.17, 15) is 9.59 Å². The van der Waals surface area contributed by atoms with Gasteiger partial charge in [0.25, 0.3) is 5.56 Å². The molecule has 142 valence electrons. The molecule has 2 N–H and O–H groups in total. The van der Waals surface area contributed by atoms with Gasteiger partial charge in [-0.1, -0.05) is 36.0 Å². The van der Waals surface area contributed by atoms with E-state index in [-0.39, 0.29) is 5.56 Å². The number of amides is 1. The van der Waals surface area contributed by atoms with Gasteiger partial charge in [0, 0.05) is 0 Å². The fourth-order valence-electron chi connectivity index (χ4n) is 3.15. The Hall–Kier alpha value is -3.13. The second-order valence-corrected chi connectivity index (χ2v) is 8.04. The lowest BCUT2D eigenvalue weighted by Gasteiger charge is -2.14. The van der Waals surface area contributed by atoms with Crippen molar-refractivity contribution in [2.45, 2.75) is 31.2 Å². The topological polar surface area (TPSA) is 95.3 Å². The molecule has 0 saturated carbocycles. The van der Waals surface area contributed by atoms with Crippen LogP contribution in [0, 0.1) is 13.8 Å². The lowest BCUT2D eigenvalue weighted by Crippen LogP contribution is -2.24.